The number of aryl methyl sites for hydroxylation is 1. The van der Waals surface area contributed by atoms with Gasteiger partial charge in [-0.3, -0.25) is 0 Å². The smallest absolute Gasteiger partial charge is 0.205 e. The molecule has 0 amide bonds. The standard InChI is InChI=1S/C12H18N6S2/c1-2-13-11-16-15-10(20-11)8-19-12-17-14-9-6-4-3-5-7-18(9)12/h2-8H2,1H3,(H,13,16). The first-order valence-electron chi connectivity index (χ1n) is 6.98. The number of hydrogen-bond donors (Lipinski definition) is 1. The highest BCUT2D eigenvalue weighted by molar-refractivity contribution is 7.98. The third-order valence-electron chi connectivity index (χ3n) is 3.20. The molecule has 0 aliphatic carbocycles. The van der Waals surface area contributed by atoms with E-state index in [0.717, 1.165) is 46.4 Å². The Morgan fingerprint density at radius 3 is 3.05 bits per heavy atom. The van der Waals surface area contributed by atoms with E-state index in [1.165, 1.54) is 19.3 Å². The largest absolute Gasteiger partial charge is 0.360 e. The van der Waals surface area contributed by atoms with E-state index < -0.39 is 0 Å². The summed E-state index contributed by atoms with van der Waals surface area (Å²) >= 11 is 3.31. The number of nitrogens with zero attached hydrogens (tertiary/aromatic N) is 5. The van der Waals surface area contributed by atoms with Crippen molar-refractivity contribution in [1.29, 1.82) is 0 Å². The summed E-state index contributed by atoms with van der Waals surface area (Å²) in [6, 6.07) is 0. The Bertz CT molecular complexity index is 564. The fourth-order valence-electron chi connectivity index (χ4n) is 2.23. The first kappa shape index (κ1) is 13.8. The topological polar surface area (TPSA) is 68.5 Å². The van der Waals surface area contributed by atoms with Gasteiger partial charge in [0.15, 0.2) is 5.16 Å². The Labute approximate surface area is 126 Å². The van der Waals surface area contributed by atoms with Crippen LogP contribution in [0, 0.1) is 0 Å². The summed E-state index contributed by atoms with van der Waals surface area (Å²) in [5.74, 6) is 1.94. The minimum Gasteiger partial charge on any atom is -0.360 e. The van der Waals surface area contributed by atoms with Gasteiger partial charge in [0.25, 0.3) is 0 Å². The summed E-state index contributed by atoms with van der Waals surface area (Å²) in [7, 11) is 0. The van der Waals surface area contributed by atoms with E-state index in [-0.39, 0.29) is 0 Å². The number of nitrogens with one attached hydrogen (secondary N) is 1. The molecule has 0 unspecified atom stereocenters. The molecule has 3 heterocycles. The summed E-state index contributed by atoms with van der Waals surface area (Å²) in [4.78, 5) is 0. The first-order valence-corrected chi connectivity index (χ1v) is 8.78. The number of aromatic nitrogens is 5. The van der Waals surface area contributed by atoms with Crippen LogP contribution in [0.25, 0.3) is 0 Å². The van der Waals surface area contributed by atoms with Crippen LogP contribution in [0.1, 0.15) is 37.0 Å². The quantitative estimate of drug-likeness (QED) is 0.856. The van der Waals surface area contributed by atoms with Crippen molar-refractivity contribution in [1.82, 2.24) is 25.0 Å². The maximum Gasteiger partial charge on any atom is 0.205 e. The fourth-order valence-corrected chi connectivity index (χ4v) is 4.00. The first-order chi connectivity index (χ1) is 9.86. The van der Waals surface area contributed by atoms with Crippen LogP contribution in [-0.4, -0.2) is 31.5 Å². The number of anilines is 1. The van der Waals surface area contributed by atoms with Gasteiger partial charge in [0.2, 0.25) is 5.13 Å². The van der Waals surface area contributed by atoms with Crippen molar-refractivity contribution in [3.63, 3.8) is 0 Å². The van der Waals surface area contributed by atoms with Crippen LogP contribution < -0.4 is 5.32 Å². The van der Waals surface area contributed by atoms with E-state index in [1.54, 1.807) is 23.1 Å². The summed E-state index contributed by atoms with van der Waals surface area (Å²) in [5, 5.41) is 23.0. The third kappa shape index (κ3) is 3.12. The molecule has 0 saturated heterocycles. The second kappa shape index (κ2) is 6.53. The van der Waals surface area contributed by atoms with Crippen LogP contribution in [0.2, 0.25) is 0 Å². The zero-order valence-electron chi connectivity index (χ0n) is 11.5. The maximum absolute atomic E-state index is 4.31. The molecule has 20 heavy (non-hydrogen) atoms. The van der Waals surface area contributed by atoms with Gasteiger partial charge in [-0.25, -0.2) is 0 Å². The molecule has 2 aromatic heterocycles. The number of rotatable bonds is 5. The lowest BCUT2D eigenvalue weighted by molar-refractivity contribution is 0.591. The van der Waals surface area contributed by atoms with Crippen molar-refractivity contribution >= 4 is 28.2 Å². The van der Waals surface area contributed by atoms with Crippen molar-refractivity contribution in [3.05, 3.63) is 10.8 Å². The second-order valence-corrected chi connectivity index (χ2v) is 6.69. The molecule has 0 saturated carbocycles. The number of hydrogen-bond acceptors (Lipinski definition) is 7. The molecule has 1 aliphatic rings. The van der Waals surface area contributed by atoms with Crippen LogP contribution in [0.5, 0.6) is 0 Å². The molecule has 0 radical (unpaired) electrons. The molecule has 108 valence electrons. The molecule has 8 heteroatoms. The normalized spacial score (nSPS) is 14.8. The summed E-state index contributed by atoms with van der Waals surface area (Å²) in [6.45, 7) is 3.98. The van der Waals surface area contributed by atoms with E-state index in [9.17, 15) is 0 Å². The molecule has 0 atom stereocenters. The highest BCUT2D eigenvalue weighted by atomic mass is 32.2. The zero-order valence-corrected chi connectivity index (χ0v) is 13.1. The Hall–Kier alpha value is -1.15. The predicted octanol–water partition coefficient (Wildman–Crippen LogP) is 2.58. The van der Waals surface area contributed by atoms with Gasteiger partial charge in [-0.15, -0.1) is 20.4 Å². The van der Waals surface area contributed by atoms with E-state index in [4.69, 9.17) is 0 Å². The molecule has 1 N–H and O–H groups in total. The maximum atomic E-state index is 4.31. The molecule has 0 spiro atoms. The average Bonchev–Trinajstić information content (AvgIpc) is 2.98. The lowest BCUT2D eigenvalue weighted by Gasteiger charge is -2.04. The Morgan fingerprint density at radius 1 is 1.20 bits per heavy atom. The molecule has 3 rings (SSSR count). The highest BCUT2D eigenvalue weighted by Crippen LogP contribution is 2.26. The molecule has 1 aliphatic heterocycles. The van der Waals surface area contributed by atoms with Crippen molar-refractivity contribution in [2.75, 3.05) is 11.9 Å². The van der Waals surface area contributed by atoms with Gasteiger partial charge < -0.3 is 9.88 Å². The SMILES string of the molecule is CCNc1nnc(CSc2nnc3n2CCCCC3)s1. The molecule has 0 bridgehead atoms. The van der Waals surface area contributed by atoms with Crippen LogP contribution >= 0.6 is 23.1 Å². The number of fused-ring (bicyclic) bond motifs is 1. The van der Waals surface area contributed by atoms with Crippen molar-refractivity contribution in [2.45, 2.75) is 50.1 Å². The lowest BCUT2D eigenvalue weighted by atomic mass is 10.2. The third-order valence-corrected chi connectivity index (χ3v) is 5.24. The number of thioether (sulfide) groups is 1. The molecule has 2 aromatic rings. The van der Waals surface area contributed by atoms with Gasteiger partial charge >= 0.3 is 0 Å². The summed E-state index contributed by atoms with van der Waals surface area (Å²) < 4.78 is 2.27. The minimum atomic E-state index is 0.807. The Balaban J connectivity index is 1.64. The minimum absolute atomic E-state index is 0.807. The van der Waals surface area contributed by atoms with Gasteiger partial charge in [0.1, 0.15) is 10.8 Å². The van der Waals surface area contributed by atoms with Gasteiger partial charge in [-0.2, -0.15) is 0 Å². The van der Waals surface area contributed by atoms with Gasteiger partial charge in [0, 0.05) is 19.5 Å². The summed E-state index contributed by atoms with van der Waals surface area (Å²) in [6.07, 6.45) is 4.79. The zero-order chi connectivity index (χ0) is 13.8. The summed E-state index contributed by atoms with van der Waals surface area (Å²) in [5.41, 5.74) is 0. The second-order valence-electron chi connectivity index (χ2n) is 4.68. The van der Waals surface area contributed by atoms with E-state index in [2.05, 4.69) is 37.2 Å². The Morgan fingerprint density at radius 2 is 2.15 bits per heavy atom. The predicted molar refractivity (Wildman–Crippen MR) is 81.2 cm³/mol. The van der Waals surface area contributed by atoms with Gasteiger partial charge in [0.05, 0.1) is 5.75 Å². The van der Waals surface area contributed by atoms with Crippen LogP contribution in [0.4, 0.5) is 5.13 Å². The Kier molecular flexibility index (Phi) is 4.51. The van der Waals surface area contributed by atoms with Crippen molar-refractivity contribution in [3.8, 4) is 0 Å². The van der Waals surface area contributed by atoms with Crippen LogP contribution in [0.15, 0.2) is 5.16 Å². The monoisotopic (exact) mass is 310 g/mol. The van der Waals surface area contributed by atoms with Gasteiger partial charge in [-0.05, 0) is 19.8 Å². The van der Waals surface area contributed by atoms with Crippen LogP contribution in [-0.2, 0) is 18.7 Å². The van der Waals surface area contributed by atoms with Crippen molar-refractivity contribution in [2.24, 2.45) is 0 Å². The molecule has 0 aromatic carbocycles. The van der Waals surface area contributed by atoms with E-state index in [0.29, 0.717) is 0 Å². The molecule has 6 nitrogen and oxygen atoms in total. The highest BCUT2D eigenvalue weighted by Gasteiger charge is 2.15. The van der Waals surface area contributed by atoms with E-state index >= 15 is 0 Å². The van der Waals surface area contributed by atoms with Crippen molar-refractivity contribution < 1.29 is 0 Å². The molecular formula is C12H18N6S2. The van der Waals surface area contributed by atoms with Crippen LogP contribution in [0.3, 0.4) is 0 Å². The van der Waals surface area contributed by atoms with E-state index in [1.807, 2.05) is 0 Å². The lowest BCUT2D eigenvalue weighted by Crippen LogP contribution is -2.02. The average molecular weight is 310 g/mol. The fraction of sp³-hybridized carbons (Fsp3) is 0.667. The van der Waals surface area contributed by atoms with Gasteiger partial charge in [-0.1, -0.05) is 29.5 Å². The molecule has 0 fully saturated rings. The molecular weight excluding hydrogens is 292 g/mol.